The fraction of sp³-hybridized carbons (Fsp3) is 0.500. The van der Waals surface area contributed by atoms with Crippen molar-refractivity contribution in [3.63, 3.8) is 0 Å². The van der Waals surface area contributed by atoms with E-state index < -0.39 is 0 Å². The number of amides is 2. The van der Waals surface area contributed by atoms with Crippen LogP contribution in [0.3, 0.4) is 0 Å². The van der Waals surface area contributed by atoms with Crippen molar-refractivity contribution in [3.05, 3.63) is 34.3 Å². The minimum absolute atomic E-state index is 0. The fourth-order valence-electron chi connectivity index (χ4n) is 2.65. The van der Waals surface area contributed by atoms with E-state index in [2.05, 4.69) is 21.2 Å². The van der Waals surface area contributed by atoms with Crippen molar-refractivity contribution < 1.29 is 9.59 Å². The predicted octanol–water partition coefficient (Wildman–Crippen LogP) is 1.73. The number of rotatable bonds is 5. The second kappa shape index (κ2) is 9.90. The summed E-state index contributed by atoms with van der Waals surface area (Å²) in [6.07, 6.45) is 2.08. The van der Waals surface area contributed by atoms with Crippen molar-refractivity contribution in [1.29, 1.82) is 0 Å². The number of benzene rings is 1. The number of hydrogen-bond donors (Lipinski definition) is 2. The smallest absolute Gasteiger partial charge is 0.227 e. The highest BCUT2D eigenvalue weighted by Gasteiger charge is 2.28. The molecule has 1 aliphatic rings. The van der Waals surface area contributed by atoms with Crippen LogP contribution in [0.5, 0.6) is 0 Å². The van der Waals surface area contributed by atoms with Gasteiger partial charge in [-0.25, -0.2) is 0 Å². The van der Waals surface area contributed by atoms with Crippen LogP contribution in [0.1, 0.15) is 18.4 Å². The topological polar surface area (TPSA) is 75.4 Å². The summed E-state index contributed by atoms with van der Waals surface area (Å²) in [5.74, 6) is -0.0283. The maximum atomic E-state index is 12.4. The van der Waals surface area contributed by atoms with Gasteiger partial charge in [-0.2, -0.15) is 0 Å². The van der Waals surface area contributed by atoms with E-state index in [1.807, 2.05) is 24.3 Å². The first-order valence-corrected chi connectivity index (χ1v) is 8.39. The molecule has 1 aromatic carbocycles. The molecule has 2 rings (SSSR count). The molecule has 2 amide bonds. The number of carbonyl (C=O) groups is 2. The summed E-state index contributed by atoms with van der Waals surface area (Å²) < 4.78 is 0.998. The molecule has 0 aliphatic carbocycles. The van der Waals surface area contributed by atoms with Gasteiger partial charge in [0.15, 0.2) is 0 Å². The number of halogens is 2. The number of piperidine rings is 1. The third-order valence-corrected chi connectivity index (χ3v) is 4.39. The fourth-order valence-corrected chi connectivity index (χ4v) is 2.91. The third kappa shape index (κ3) is 6.12. The highest BCUT2D eigenvalue weighted by molar-refractivity contribution is 9.10. The molecule has 0 bridgehead atoms. The summed E-state index contributed by atoms with van der Waals surface area (Å²) >= 11 is 3.38. The van der Waals surface area contributed by atoms with Crippen LogP contribution in [-0.4, -0.2) is 42.9 Å². The minimum atomic E-state index is -0.117. The molecule has 5 nitrogen and oxygen atoms in total. The number of hydrogen-bond acceptors (Lipinski definition) is 3. The molecule has 3 N–H and O–H groups in total. The van der Waals surface area contributed by atoms with Crippen LogP contribution in [0.15, 0.2) is 28.7 Å². The van der Waals surface area contributed by atoms with E-state index in [1.54, 1.807) is 4.90 Å². The molecule has 128 valence electrons. The zero-order chi connectivity index (χ0) is 15.9. The molecular weight excluding hydrogens is 382 g/mol. The van der Waals surface area contributed by atoms with E-state index in [0.29, 0.717) is 26.1 Å². The Balaban J connectivity index is 0.00000264. The van der Waals surface area contributed by atoms with Gasteiger partial charge in [-0.05, 0) is 30.5 Å². The lowest BCUT2D eigenvalue weighted by molar-refractivity contribution is -0.135. The van der Waals surface area contributed by atoms with Crippen LogP contribution in [0, 0.1) is 5.92 Å². The highest BCUT2D eigenvalue weighted by Crippen LogP contribution is 2.18. The van der Waals surface area contributed by atoms with Crippen molar-refractivity contribution in [2.24, 2.45) is 11.7 Å². The molecule has 1 fully saturated rings. The molecular formula is C16H23BrClN3O2. The molecule has 1 aliphatic heterocycles. The van der Waals surface area contributed by atoms with E-state index in [-0.39, 0.29) is 30.1 Å². The zero-order valence-electron chi connectivity index (χ0n) is 13.0. The molecule has 0 saturated carbocycles. The van der Waals surface area contributed by atoms with Gasteiger partial charge in [0, 0.05) is 30.7 Å². The van der Waals surface area contributed by atoms with Gasteiger partial charge in [0.2, 0.25) is 11.8 Å². The Hall–Kier alpha value is -1.11. The molecule has 7 heteroatoms. The van der Waals surface area contributed by atoms with Crippen molar-refractivity contribution in [2.45, 2.75) is 19.3 Å². The normalized spacial score (nSPS) is 17.3. The van der Waals surface area contributed by atoms with E-state index in [4.69, 9.17) is 5.73 Å². The second-order valence-corrected chi connectivity index (χ2v) is 6.48. The van der Waals surface area contributed by atoms with E-state index in [1.165, 1.54) is 0 Å². The Morgan fingerprint density at radius 1 is 1.30 bits per heavy atom. The van der Waals surface area contributed by atoms with Crippen LogP contribution in [0.25, 0.3) is 0 Å². The Kier molecular flexibility index (Phi) is 8.58. The predicted molar refractivity (Wildman–Crippen MR) is 96.5 cm³/mol. The Labute approximate surface area is 151 Å². The largest absolute Gasteiger partial charge is 0.355 e. The van der Waals surface area contributed by atoms with Crippen LogP contribution < -0.4 is 11.1 Å². The van der Waals surface area contributed by atoms with E-state index in [0.717, 1.165) is 29.4 Å². The van der Waals surface area contributed by atoms with Crippen LogP contribution in [0.4, 0.5) is 0 Å². The third-order valence-electron chi connectivity index (χ3n) is 3.86. The molecule has 0 aromatic heterocycles. The quantitative estimate of drug-likeness (QED) is 0.785. The molecule has 1 aromatic rings. The number of nitrogens with one attached hydrogen (secondary N) is 1. The second-order valence-electron chi connectivity index (χ2n) is 5.56. The molecule has 1 atom stereocenters. The van der Waals surface area contributed by atoms with Crippen LogP contribution in [-0.2, 0) is 16.0 Å². The summed E-state index contributed by atoms with van der Waals surface area (Å²) in [4.78, 5) is 26.2. The summed E-state index contributed by atoms with van der Waals surface area (Å²) in [7, 11) is 0. The maximum absolute atomic E-state index is 12.4. The summed E-state index contributed by atoms with van der Waals surface area (Å²) in [6.45, 7) is 2.16. The Morgan fingerprint density at radius 2 is 2.00 bits per heavy atom. The van der Waals surface area contributed by atoms with Crippen molar-refractivity contribution in [2.75, 3.05) is 26.2 Å². The molecule has 1 heterocycles. The average Bonchev–Trinajstić information content (AvgIpc) is 2.54. The van der Waals surface area contributed by atoms with E-state index >= 15 is 0 Å². The summed E-state index contributed by atoms with van der Waals surface area (Å²) in [5.41, 5.74) is 6.38. The monoisotopic (exact) mass is 403 g/mol. The lowest BCUT2D eigenvalue weighted by Gasteiger charge is -2.32. The number of likely N-dealkylation sites (tertiary alicyclic amines) is 1. The number of carbonyl (C=O) groups excluding carboxylic acids is 2. The van der Waals surface area contributed by atoms with Gasteiger partial charge in [-0.1, -0.05) is 28.1 Å². The zero-order valence-corrected chi connectivity index (χ0v) is 15.4. The summed E-state index contributed by atoms with van der Waals surface area (Å²) in [6, 6.07) is 7.75. The molecule has 0 radical (unpaired) electrons. The van der Waals surface area contributed by atoms with Gasteiger partial charge in [-0.15, -0.1) is 12.4 Å². The Bertz CT molecular complexity index is 525. The molecule has 0 spiro atoms. The van der Waals surface area contributed by atoms with Crippen molar-refractivity contribution >= 4 is 40.2 Å². The van der Waals surface area contributed by atoms with Gasteiger partial charge in [0.05, 0.1) is 12.3 Å². The van der Waals surface area contributed by atoms with Gasteiger partial charge < -0.3 is 16.0 Å². The standard InChI is InChI=1S/C16H22BrN3O2.ClH/c17-14-5-3-12(4-6-14)10-15(21)20-9-1-2-13(11-20)16(22)19-8-7-18;/h3-6,13H,1-2,7-11,18H2,(H,19,22);1H. The lowest BCUT2D eigenvalue weighted by atomic mass is 9.96. The molecule has 1 unspecified atom stereocenters. The minimum Gasteiger partial charge on any atom is -0.355 e. The van der Waals surface area contributed by atoms with Crippen LogP contribution in [0.2, 0.25) is 0 Å². The SMILES string of the molecule is Cl.NCCNC(=O)C1CCCN(C(=O)Cc2ccc(Br)cc2)C1. The van der Waals surface area contributed by atoms with Gasteiger partial charge in [-0.3, -0.25) is 9.59 Å². The average molecular weight is 405 g/mol. The van der Waals surface area contributed by atoms with Crippen molar-refractivity contribution in [1.82, 2.24) is 10.2 Å². The first-order valence-electron chi connectivity index (χ1n) is 7.60. The molecule has 23 heavy (non-hydrogen) atoms. The van der Waals surface area contributed by atoms with Gasteiger partial charge in [0.25, 0.3) is 0 Å². The number of nitrogens with zero attached hydrogens (tertiary/aromatic N) is 1. The van der Waals surface area contributed by atoms with Gasteiger partial charge >= 0.3 is 0 Å². The molecule has 1 saturated heterocycles. The summed E-state index contributed by atoms with van der Waals surface area (Å²) in [5, 5.41) is 2.81. The van der Waals surface area contributed by atoms with Gasteiger partial charge in [0.1, 0.15) is 0 Å². The highest BCUT2D eigenvalue weighted by atomic mass is 79.9. The first kappa shape index (κ1) is 19.9. The first-order chi connectivity index (χ1) is 10.6. The van der Waals surface area contributed by atoms with Crippen molar-refractivity contribution in [3.8, 4) is 0 Å². The van der Waals surface area contributed by atoms with E-state index in [9.17, 15) is 9.59 Å². The maximum Gasteiger partial charge on any atom is 0.227 e. The van der Waals surface area contributed by atoms with Crippen LogP contribution >= 0.6 is 28.3 Å². The Morgan fingerprint density at radius 3 is 2.65 bits per heavy atom. The lowest BCUT2D eigenvalue weighted by Crippen LogP contribution is -2.46. The number of nitrogens with two attached hydrogens (primary N) is 1.